The molecular weight excluding hydrogens is 340 g/mol. The second-order valence-corrected chi connectivity index (χ2v) is 7.94. The number of thioether (sulfide) groups is 1. The number of alkyl halides is 1. The highest BCUT2D eigenvalue weighted by molar-refractivity contribution is 9.09. The Balaban J connectivity index is 1.99. The molecule has 0 spiro atoms. The van der Waals surface area contributed by atoms with Crippen LogP contribution in [0.2, 0.25) is 0 Å². The molecular formula is C13H20BrN4OS+. The molecule has 2 aliphatic rings. The molecule has 0 amide bonds. The van der Waals surface area contributed by atoms with Gasteiger partial charge in [-0.05, 0) is 13.3 Å². The number of hydrogen-bond donors (Lipinski definition) is 2. The quantitative estimate of drug-likeness (QED) is 0.615. The van der Waals surface area contributed by atoms with Crippen molar-refractivity contribution in [3.8, 4) is 0 Å². The van der Waals surface area contributed by atoms with E-state index in [9.17, 15) is 4.79 Å². The van der Waals surface area contributed by atoms with Gasteiger partial charge in [-0.15, -0.1) is 0 Å². The van der Waals surface area contributed by atoms with Crippen LogP contribution in [0.3, 0.4) is 0 Å². The first-order valence-electron chi connectivity index (χ1n) is 7.02. The summed E-state index contributed by atoms with van der Waals surface area (Å²) in [6.45, 7) is 8.03. The summed E-state index contributed by atoms with van der Waals surface area (Å²) in [6, 6.07) is 0. The Morgan fingerprint density at radius 3 is 3.10 bits per heavy atom. The van der Waals surface area contributed by atoms with Crippen molar-refractivity contribution in [1.29, 1.82) is 0 Å². The third-order valence-electron chi connectivity index (χ3n) is 3.89. The van der Waals surface area contributed by atoms with Crippen LogP contribution in [0.15, 0.2) is 9.95 Å². The van der Waals surface area contributed by atoms with Crippen molar-refractivity contribution in [3.63, 3.8) is 0 Å². The molecule has 1 aromatic rings. The number of hydrogen-bond acceptors (Lipinski definition) is 4. The number of nitrogens with zero attached hydrogens (tertiary/aromatic N) is 2. The molecule has 3 heterocycles. The Kier molecular flexibility index (Phi) is 3.85. The zero-order chi connectivity index (χ0) is 14.3. The molecule has 20 heavy (non-hydrogen) atoms. The molecule has 0 bridgehead atoms. The smallest absolute Gasteiger partial charge is 0.284 e. The van der Waals surface area contributed by atoms with Crippen LogP contribution in [0.5, 0.6) is 0 Å². The fraction of sp³-hybridized carbons (Fsp3) is 0.692. The summed E-state index contributed by atoms with van der Waals surface area (Å²) in [5.74, 6) is 0.997. The molecule has 0 fully saturated rings. The highest BCUT2D eigenvalue weighted by Crippen LogP contribution is 2.42. The molecule has 0 saturated heterocycles. The molecule has 0 saturated carbocycles. The van der Waals surface area contributed by atoms with Crippen molar-refractivity contribution in [2.45, 2.75) is 43.3 Å². The molecule has 1 aromatic heterocycles. The zero-order valence-electron chi connectivity index (χ0n) is 11.8. The van der Waals surface area contributed by atoms with E-state index in [0.29, 0.717) is 0 Å². The summed E-state index contributed by atoms with van der Waals surface area (Å²) < 4.78 is 2.27. The highest BCUT2D eigenvalue weighted by Gasteiger charge is 2.37. The average molecular weight is 360 g/mol. The summed E-state index contributed by atoms with van der Waals surface area (Å²) in [6.07, 6.45) is 1.13. The molecule has 0 aliphatic carbocycles. The van der Waals surface area contributed by atoms with E-state index in [4.69, 9.17) is 0 Å². The van der Waals surface area contributed by atoms with Gasteiger partial charge in [0, 0.05) is 16.6 Å². The first-order valence-corrected chi connectivity index (χ1v) is 8.96. The maximum absolute atomic E-state index is 12.3. The van der Waals surface area contributed by atoms with Crippen LogP contribution in [0.1, 0.15) is 25.8 Å². The second-order valence-electron chi connectivity index (χ2n) is 5.83. The Morgan fingerprint density at radius 1 is 1.60 bits per heavy atom. The van der Waals surface area contributed by atoms with Crippen LogP contribution < -0.4 is 15.8 Å². The standard InChI is InChI=1S/C13H19BrN4OS/c1-3-4-17-5-9-10(15-8-17)18-7-13(2,6-14)20-12(18)16-11(9)19/h15H,3-8H2,1-2H3/p+1/t13-/m1/s1. The molecule has 0 aromatic carbocycles. The molecule has 2 N–H and O–H groups in total. The number of halogens is 1. The second kappa shape index (κ2) is 5.35. The van der Waals surface area contributed by atoms with Crippen LogP contribution in [0.25, 0.3) is 0 Å². The van der Waals surface area contributed by atoms with Crippen molar-refractivity contribution in [3.05, 3.63) is 15.9 Å². The third kappa shape index (κ3) is 2.40. The Labute approximate surface area is 131 Å². The lowest BCUT2D eigenvalue weighted by Crippen LogP contribution is -3.12. The minimum Gasteiger partial charge on any atom is -0.324 e. The predicted octanol–water partition coefficient (Wildman–Crippen LogP) is 0.680. The van der Waals surface area contributed by atoms with Crippen LogP contribution in [-0.2, 0) is 13.1 Å². The van der Waals surface area contributed by atoms with Crippen molar-refractivity contribution in [1.82, 2.24) is 9.55 Å². The van der Waals surface area contributed by atoms with E-state index in [1.54, 1.807) is 11.8 Å². The lowest BCUT2D eigenvalue weighted by atomic mass is 10.2. The summed E-state index contributed by atoms with van der Waals surface area (Å²) in [5, 5.41) is 5.20. The molecule has 1 unspecified atom stereocenters. The van der Waals surface area contributed by atoms with Gasteiger partial charge in [0.05, 0.1) is 6.54 Å². The van der Waals surface area contributed by atoms with Crippen molar-refractivity contribution in [2.75, 3.05) is 23.9 Å². The highest BCUT2D eigenvalue weighted by atomic mass is 79.9. The lowest BCUT2D eigenvalue weighted by molar-refractivity contribution is -0.912. The number of quaternary nitrogens is 1. The maximum Gasteiger partial charge on any atom is 0.284 e. The van der Waals surface area contributed by atoms with Crippen LogP contribution in [0.4, 0.5) is 5.82 Å². The van der Waals surface area contributed by atoms with E-state index < -0.39 is 0 Å². The summed E-state index contributed by atoms with van der Waals surface area (Å²) >= 11 is 5.27. The van der Waals surface area contributed by atoms with Gasteiger partial charge >= 0.3 is 0 Å². The Morgan fingerprint density at radius 2 is 2.40 bits per heavy atom. The van der Waals surface area contributed by atoms with E-state index in [1.807, 2.05) is 0 Å². The normalized spacial score (nSPS) is 27.9. The van der Waals surface area contributed by atoms with Crippen LogP contribution >= 0.6 is 27.7 Å². The van der Waals surface area contributed by atoms with Crippen molar-refractivity contribution in [2.24, 2.45) is 0 Å². The monoisotopic (exact) mass is 359 g/mol. The van der Waals surface area contributed by atoms with Crippen LogP contribution in [0, 0.1) is 0 Å². The number of rotatable bonds is 3. The minimum absolute atomic E-state index is 0.0571. The van der Waals surface area contributed by atoms with Gasteiger partial charge < -0.3 is 14.8 Å². The first kappa shape index (κ1) is 14.4. The van der Waals surface area contributed by atoms with Gasteiger partial charge in [0.2, 0.25) is 0 Å². The van der Waals surface area contributed by atoms with Gasteiger partial charge in [-0.2, -0.15) is 4.98 Å². The molecule has 3 rings (SSSR count). The predicted molar refractivity (Wildman–Crippen MR) is 84.9 cm³/mol. The van der Waals surface area contributed by atoms with Crippen molar-refractivity contribution < 1.29 is 4.90 Å². The molecule has 0 radical (unpaired) electrons. The fourth-order valence-electron chi connectivity index (χ4n) is 2.87. The molecule has 7 heteroatoms. The summed E-state index contributed by atoms with van der Waals surface area (Å²) in [4.78, 5) is 18.0. The van der Waals surface area contributed by atoms with Crippen LogP contribution in [-0.4, -0.2) is 32.8 Å². The molecule has 5 nitrogen and oxygen atoms in total. The number of fused-ring (bicyclic) bond motifs is 3. The first-order chi connectivity index (χ1) is 9.56. The average Bonchev–Trinajstić information content (AvgIpc) is 2.77. The summed E-state index contributed by atoms with van der Waals surface area (Å²) in [7, 11) is 0. The number of anilines is 1. The van der Waals surface area contributed by atoms with Gasteiger partial charge in [0.25, 0.3) is 5.56 Å². The van der Waals surface area contributed by atoms with E-state index >= 15 is 0 Å². The van der Waals surface area contributed by atoms with Gasteiger partial charge in [-0.3, -0.25) is 4.79 Å². The zero-order valence-corrected chi connectivity index (χ0v) is 14.2. The summed E-state index contributed by atoms with van der Waals surface area (Å²) in [5.41, 5.74) is 0.793. The topological polar surface area (TPSA) is 51.4 Å². The number of nitrogens with one attached hydrogen (secondary N) is 2. The molecule has 110 valence electrons. The molecule has 2 aliphatic heterocycles. The Bertz CT molecular complexity index is 590. The SMILES string of the molecule is CCC[NH+]1CNc2c(c(=O)nc3n2C[C@@](C)(CBr)S3)C1. The Hall–Kier alpha value is -0.530. The largest absolute Gasteiger partial charge is 0.324 e. The maximum atomic E-state index is 12.3. The van der Waals surface area contributed by atoms with Gasteiger partial charge in [0.15, 0.2) is 11.8 Å². The van der Waals surface area contributed by atoms with E-state index in [-0.39, 0.29) is 10.3 Å². The van der Waals surface area contributed by atoms with Gasteiger partial charge in [-0.25, -0.2) is 0 Å². The van der Waals surface area contributed by atoms with Gasteiger partial charge in [-0.1, -0.05) is 34.6 Å². The number of aromatic nitrogens is 2. The van der Waals surface area contributed by atoms with E-state index in [2.05, 4.69) is 44.6 Å². The molecule has 2 atom stereocenters. The van der Waals surface area contributed by atoms with Gasteiger partial charge in [0.1, 0.15) is 17.9 Å². The lowest BCUT2D eigenvalue weighted by Gasteiger charge is -2.28. The minimum atomic E-state index is -0.0571. The fourth-order valence-corrected chi connectivity index (χ4v) is 4.47. The van der Waals surface area contributed by atoms with Crippen molar-refractivity contribution >= 4 is 33.5 Å². The van der Waals surface area contributed by atoms with E-state index in [0.717, 1.165) is 54.6 Å². The third-order valence-corrected chi connectivity index (χ3v) is 6.76. The van der Waals surface area contributed by atoms with E-state index in [1.165, 1.54) is 4.90 Å².